The maximum atomic E-state index is 3.51. The van der Waals surface area contributed by atoms with Crippen LogP contribution in [-0.2, 0) is 0 Å². The van der Waals surface area contributed by atoms with Gasteiger partial charge in [0.2, 0.25) is 0 Å². The monoisotopic (exact) mass is 313 g/mol. The van der Waals surface area contributed by atoms with Gasteiger partial charge in [0.1, 0.15) is 0 Å². The predicted molar refractivity (Wildman–Crippen MR) is 68.2 cm³/mol. The van der Waals surface area contributed by atoms with Crippen molar-refractivity contribution >= 4 is 32.9 Å². The molecule has 1 heterocycles. The van der Waals surface area contributed by atoms with Crippen LogP contribution in [0.25, 0.3) is 0 Å². The molecule has 1 nitrogen and oxygen atoms in total. The van der Waals surface area contributed by atoms with Crippen LogP contribution in [0.3, 0.4) is 0 Å². The van der Waals surface area contributed by atoms with E-state index in [0.717, 1.165) is 11.4 Å². The summed E-state index contributed by atoms with van der Waals surface area (Å²) >= 11 is 3.51. The van der Waals surface area contributed by atoms with E-state index >= 15 is 0 Å². The van der Waals surface area contributed by atoms with Crippen molar-refractivity contribution in [3.8, 4) is 0 Å². The molecule has 0 bridgehead atoms. The molecule has 13 heavy (non-hydrogen) atoms. The second-order valence-corrected chi connectivity index (χ2v) is 4.57. The average molecular weight is 315 g/mol. The Hall–Kier alpha value is 0.920. The second kappa shape index (κ2) is 8.25. The van der Waals surface area contributed by atoms with Gasteiger partial charge in [0.05, 0.1) is 0 Å². The Kier molecular flexibility index (Phi) is 8.83. The van der Waals surface area contributed by atoms with Crippen LogP contribution >= 0.6 is 32.9 Å². The Morgan fingerprint density at radius 2 is 1.69 bits per heavy atom. The zero-order chi connectivity index (χ0) is 8.81. The van der Waals surface area contributed by atoms with Gasteiger partial charge in [0.25, 0.3) is 0 Å². The van der Waals surface area contributed by atoms with Crippen LogP contribution in [0.2, 0.25) is 0 Å². The lowest BCUT2D eigenvalue weighted by atomic mass is 10.2. The molecular weight excluding hydrogens is 294 g/mol. The summed E-state index contributed by atoms with van der Waals surface area (Å²) in [6.07, 6.45) is 6.99. The van der Waals surface area contributed by atoms with E-state index in [0.29, 0.717) is 0 Å². The first-order valence-electron chi connectivity index (χ1n) is 5.14. The van der Waals surface area contributed by atoms with Gasteiger partial charge in [-0.15, -0.1) is 17.0 Å². The maximum absolute atomic E-state index is 3.51. The van der Waals surface area contributed by atoms with Crippen molar-refractivity contribution in [3.05, 3.63) is 0 Å². The fourth-order valence-corrected chi connectivity index (χ4v) is 2.54. The zero-order valence-corrected chi connectivity index (χ0v) is 11.8. The number of rotatable bonds is 3. The van der Waals surface area contributed by atoms with Crippen molar-refractivity contribution in [1.82, 2.24) is 4.90 Å². The minimum Gasteiger partial charge on any atom is -0.301 e. The third-order valence-corrected chi connectivity index (χ3v) is 3.25. The Labute approximate surface area is 101 Å². The lowest BCUT2D eigenvalue weighted by molar-refractivity contribution is 0.213. The van der Waals surface area contributed by atoms with Crippen molar-refractivity contribution in [3.63, 3.8) is 0 Å². The lowest BCUT2D eigenvalue weighted by Gasteiger charge is -2.26. The highest BCUT2D eigenvalue weighted by atomic mass is 79.9. The summed E-state index contributed by atoms with van der Waals surface area (Å²) < 4.78 is 0. The Balaban J connectivity index is 0.00000144. The molecule has 1 atom stereocenters. The highest BCUT2D eigenvalue weighted by Gasteiger charge is 2.14. The summed E-state index contributed by atoms with van der Waals surface area (Å²) in [5.74, 6) is 0. The molecule has 80 valence electrons. The summed E-state index contributed by atoms with van der Waals surface area (Å²) in [5, 5.41) is 1.14. The minimum atomic E-state index is 0. The van der Waals surface area contributed by atoms with Gasteiger partial charge in [0, 0.05) is 11.4 Å². The van der Waals surface area contributed by atoms with Gasteiger partial charge in [-0.25, -0.2) is 0 Å². The van der Waals surface area contributed by atoms with Crippen molar-refractivity contribution in [1.29, 1.82) is 0 Å². The average Bonchev–Trinajstić information content (AvgIpc) is 2.32. The first-order valence-corrected chi connectivity index (χ1v) is 6.26. The molecule has 0 amide bonds. The van der Waals surface area contributed by atoms with Gasteiger partial charge in [-0.2, -0.15) is 0 Å². The van der Waals surface area contributed by atoms with Crippen molar-refractivity contribution in [2.75, 3.05) is 18.4 Å². The summed E-state index contributed by atoms with van der Waals surface area (Å²) in [6.45, 7) is 5.01. The molecule has 1 aliphatic heterocycles. The van der Waals surface area contributed by atoms with E-state index in [2.05, 4.69) is 27.8 Å². The molecule has 0 aliphatic carbocycles. The van der Waals surface area contributed by atoms with Gasteiger partial charge in [0.15, 0.2) is 0 Å². The lowest BCUT2D eigenvalue weighted by Crippen LogP contribution is -2.34. The molecule has 1 unspecified atom stereocenters. The van der Waals surface area contributed by atoms with E-state index in [1.165, 1.54) is 45.2 Å². The van der Waals surface area contributed by atoms with E-state index < -0.39 is 0 Å². The van der Waals surface area contributed by atoms with Crippen molar-refractivity contribution < 1.29 is 0 Å². The molecule has 0 spiro atoms. The third-order valence-electron chi connectivity index (χ3n) is 2.79. The largest absolute Gasteiger partial charge is 0.301 e. The molecule has 0 aromatic carbocycles. The highest BCUT2D eigenvalue weighted by molar-refractivity contribution is 9.09. The Morgan fingerprint density at radius 1 is 1.15 bits per heavy atom. The smallest absolute Gasteiger partial charge is 0.00748 e. The molecule has 1 saturated heterocycles. The normalized spacial score (nSPS) is 21.7. The van der Waals surface area contributed by atoms with Gasteiger partial charge < -0.3 is 4.90 Å². The van der Waals surface area contributed by atoms with Gasteiger partial charge in [-0.3, -0.25) is 0 Å². The number of halogens is 2. The van der Waals surface area contributed by atoms with Crippen LogP contribution in [0.4, 0.5) is 0 Å². The van der Waals surface area contributed by atoms with E-state index in [4.69, 9.17) is 0 Å². The molecular formula is C10H21Br2N. The maximum Gasteiger partial charge on any atom is 0.00748 e. The van der Waals surface area contributed by atoms with E-state index in [9.17, 15) is 0 Å². The third kappa shape index (κ3) is 5.38. The fraction of sp³-hybridized carbons (Fsp3) is 1.00. The van der Waals surface area contributed by atoms with E-state index in [1.807, 2.05) is 0 Å². The molecule has 1 fully saturated rings. The summed E-state index contributed by atoms with van der Waals surface area (Å²) in [7, 11) is 0. The molecule has 1 rings (SSSR count). The summed E-state index contributed by atoms with van der Waals surface area (Å²) in [6, 6.07) is 0.780. The number of hydrogen-bond donors (Lipinski definition) is 0. The molecule has 0 aromatic heterocycles. The topological polar surface area (TPSA) is 3.24 Å². The van der Waals surface area contributed by atoms with Crippen LogP contribution in [0.15, 0.2) is 0 Å². The molecule has 0 N–H and O–H groups in total. The second-order valence-electron chi connectivity index (χ2n) is 3.78. The predicted octanol–water partition coefficient (Wildman–Crippen LogP) is 3.61. The number of alkyl halides is 1. The van der Waals surface area contributed by atoms with Gasteiger partial charge >= 0.3 is 0 Å². The quantitative estimate of drug-likeness (QED) is 0.719. The molecule has 3 heteroatoms. The standard InChI is InChI=1S/C10H20BrN.BrH/c1-10(6-7-11)12-8-4-2-3-5-9-12;/h10H,2-9H2,1H3;1H. The first-order chi connectivity index (χ1) is 5.84. The van der Waals surface area contributed by atoms with Crippen LogP contribution < -0.4 is 0 Å². The van der Waals surface area contributed by atoms with Gasteiger partial charge in [-0.05, 0) is 39.3 Å². The number of nitrogens with zero attached hydrogens (tertiary/aromatic N) is 1. The van der Waals surface area contributed by atoms with Crippen molar-refractivity contribution in [2.45, 2.75) is 45.1 Å². The number of likely N-dealkylation sites (tertiary alicyclic amines) is 1. The molecule has 1 aliphatic rings. The van der Waals surface area contributed by atoms with Crippen LogP contribution in [0.5, 0.6) is 0 Å². The van der Waals surface area contributed by atoms with E-state index in [-0.39, 0.29) is 17.0 Å². The molecule has 0 saturated carbocycles. The summed E-state index contributed by atoms with van der Waals surface area (Å²) in [5.41, 5.74) is 0. The van der Waals surface area contributed by atoms with Crippen molar-refractivity contribution in [2.24, 2.45) is 0 Å². The van der Waals surface area contributed by atoms with Crippen LogP contribution in [0.1, 0.15) is 39.0 Å². The number of hydrogen-bond acceptors (Lipinski definition) is 1. The van der Waals surface area contributed by atoms with Crippen LogP contribution in [0, 0.1) is 0 Å². The van der Waals surface area contributed by atoms with Crippen LogP contribution in [-0.4, -0.2) is 29.4 Å². The first kappa shape index (κ1) is 13.9. The molecule has 0 aromatic rings. The SMILES string of the molecule is Br.CC(CCBr)N1CCCCCC1. The Bertz CT molecular complexity index is 111. The summed E-state index contributed by atoms with van der Waals surface area (Å²) in [4.78, 5) is 2.65. The molecule has 0 radical (unpaired) electrons. The van der Waals surface area contributed by atoms with E-state index in [1.54, 1.807) is 0 Å². The minimum absolute atomic E-state index is 0. The zero-order valence-electron chi connectivity index (χ0n) is 8.47. The highest BCUT2D eigenvalue weighted by Crippen LogP contribution is 2.14. The van der Waals surface area contributed by atoms with Gasteiger partial charge in [-0.1, -0.05) is 28.8 Å². The Morgan fingerprint density at radius 3 is 2.15 bits per heavy atom. The fourth-order valence-electron chi connectivity index (χ4n) is 1.88.